The summed E-state index contributed by atoms with van der Waals surface area (Å²) in [6.45, 7) is 9.76. The molecule has 1 heterocycles. The molecule has 0 radical (unpaired) electrons. The fourth-order valence-corrected chi connectivity index (χ4v) is 3.49. The van der Waals surface area contributed by atoms with Gasteiger partial charge in [-0.05, 0) is 74.6 Å². The molecule has 1 aliphatic heterocycles. The molecule has 0 aromatic heterocycles. The van der Waals surface area contributed by atoms with Crippen molar-refractivity contribution in [2.45, 2.75) is 45.8 Å². The molecule has 4 rings (SSSR count). The van der Waals surface area contributed by atoms with Crippen molar-refractivity contribution in [3.05, 3.63) is 71.5 Å². The van der Waals surface area contributed by atoms with Crippen LogP contribution in [-0.2, 0) is 9.31 Å². The Balaban J connectivity index is 1.63. The maximum absolute atomic E-state index is 13.8. The molecule has 0 spiro atoms. The van der Waals surface area contributed by atoms with Gasteiger partial charge in [0.05, 0.1) is 11.2 Å². The number of aryl methyl sites for hydroxylation is 1. The highest BCUT2D eigenvalue weighted by molar-refractivity contribution is 6.62. The lowest BCUT2D eigenvalue weighted by atomic mass is 9.78. The van der Waals surface area contributed by atoms with E-state index < -0.39 is 18.3 Å². The molecule has 30 heavy (non-hydrogen) atoms. The van der Waals surface area contributed by atoms with Crippen molar-refractivity contribution in [3.63, 3.8) is 0 Å². The van der Waals surface area contributed by atoms with E-state index in [9.17, 15) is 9.18 Å². The maximum Gasteiger partial charge on any atom is 0.494 e. The summed E-state index contributed by atoms with van der Waals surface area (Å²) in [6, 6.07) is 16.0. The van der Waals surface area contributed by atoms with Gasteiger partial charge in [-0.15, -0.1) is 0 Å². The van der Waals surface area contributed by atoms with E-state index in [-0.39, 0.29) is 11.7 Å². The van der Waals surface area contributed by atoms with E-state index in [2.05, 4.69) is 5.32 Å². The Hall–Kier alpha value is -2.70. The molecule has 3 aromatic rings. The van der Waals surface area contributed by atoms with E-state index in [0.29, 0.717) is 16.8 Å². The summed E-state index contributed by atoms with van der Waals surface area (Å²) in [5, 5.41) is 4.50. The lowest BCUT2D eigenvalue weighted by Gasteiger charge is -2.32. The predicted molar refractivity (Wildman–Crippen MR) is 119 cm³/mol. The minimum absolute atomic E-state index is 0.285. The Bertz CT molecular complexity index is 1130. The van der Waals surface area contributed by atoms with Crippen LogP contribution in [0.3, 0.4) is 0 Å². The molecule has 1 N–H and O–H groups in total. The lowest BCUT2D eigenvalue weighted by Crippen LogP contribution is -2.41. The highest BCUT2D eigenvalue weighted by Crippen LogP contribution is 2.36. The number of amides is 1. The average Bonchev–Trinajstić information content (AvgIpc) is 2.91. The number of benzene rings is 3. The number of nitrogens with one attached hydrogen (secondary N) is 1. The molecule has 0 unspecified atom stereocenters. The van der Waals surface area contributed by atoms with Crippen molar-refractivity contribution in [3.8, 4) is 0 Å². The van der Waals surface area contributed by atoms with Crippen molar-refractivity contribution in [1.82, 2.24) is 0 Å². The lowest BCUT2D eigenvalue weighted by molar-refractivity contribution is 0.00578. The first-order valence-electron chi connectivity index (χ1n) is 10.0. The summed E-state index contributed by atoms with van der Waals surface area (Å²) < 4.78 is 26.1. The Kier molecular flexibility index (Phi) is 4.95. The molecule has 1 saturated heterocycles. The normalized spacial score (nSPS) is 17.3. The predicted octanol–water partition coefficient (Wildman–Crippen LogP) is 4.84. The number of anilines is 1. The fourth-order valence-electron chi connectivity index (χ4n) is 3.49. The highest BCUT2D eigenvalue weighted by Gasteiger charge is 2.51. The number of fused-ring (bicyclic) bond motifs is 1. The van der Waals surface area contributed by atoms with Crippen LogP contribution in [0.5, 0.6) is 0 Å². The standard InChI is InChI=1S/C24H25BFNO3/c1-15-9-11-18(14-21(15)26)27-22(28)20-8-6-7-16-13-17(10-12-19(16)20)25-29-23(2,3)24(4,5)30-25/h6-14H,1-5H3,(H,27,28). The van der Waals surface area contributed by atoms with E-state index in [1.54, 1.807) is 25.1 Å². The van der Waals surface area contributed by atoms with Crippen LogP contribution >= 0.6 is 0 Å². The zero-order valence-corrected chi connectivity index (χ0v) is 17.9. The van der Waals surface area contributed by atoms with Gasteiger partial charge in [0, 0.05) is 11.3 Å². The molecule has 1 fully saturated rings. The monoisotopic (exact) mass is 405 g/mol. The van der Waals surface area contributed by atoms with E-state index in [1.807, 2.05) is 58.0 Å². The zero-order chi connectivity index (χ0) is 21.7. The molecular weight excluding hydrogens is 380 g/mol. The third-order valence-corrected chi connectivity index (χ3v) is 6.10. The Morgan fingerprint density at radius 1 is 0.967 bits per heavy atom. The molecule has 0 aliphatic carbocycles. The van der Waals surface area contributed by atoms with Crippen LogP contribution in [0.1, 0.15) is 43.6 Å². The topological polar surface area (TPSA) is 47.6 Å². The van der Waals surface area contributed by atoms with Crippen LogP contribution in [0, 0.1) is 12.7 Å². The quantitative estimate of drug-likeness (QED) is 0.635. The van der Waals surface area contributed by atoms with Gasteiger partial charge in [-0.25, -0.2) is 4.39 Å². The molecule has 3 aromatic carbocycles. The summed E-state index contributed by atoms with van der Waals surface area (Å²) >= 11 is 0. The second kappa shape index (κ2) is 7.22. The maximum atomic E-state index is 13.8. The van der Waals surface area contributed by atoms with Crippen LogP contribution < -0.4 is 10.8 Å². The Morgan fingerprint density at radius 2 is 1.67 bits per heavy atom. The van der Waals surface area contributed by atoms with Crippen LogP contribution in [-0.4, -0.2) is 24.2 Å². The van der Waals surface area contributed by atoms with Gasteiger partial charge in [-0.3, -0.25) is 4.79 Å². The minimum Gasteiger partial charge on any atom is -0.399 e. The molecule has 0 atom stereocenters. The first kappa shape index (κ1) is 20.6. The second-order valence-corrected chi connectivity index (χ2v) is 8.79. The molecule has 4 nitrogen and oxygen atoms in total. The third-order valence-electron chi connectivity index (χ3n) is 6.10. The van der Waals surface area contributed by atoms with Crippen LogP contribution in [0.15, 0.2) is 54.6 Å². The van der Waals surface area contributed by atoms with Gasteiger partial charge in [0.2, 0.25) is 0 Å². The summed E-state index contributed by atoms with van der Waals surface area (Å²) in [7, 11) is -0.465. The van der Waals surface area contributed by atoms with Crippen molar-refractivity contribution >= 4 is 34.9 Å². The number of carbonyl (C=O) groups excluding carboxylic acids is 1. The summed E-state index contributed by atoms with van der Waals surface area (Å²) in [6.07, 6.45) is 0. The van der Waals surface area contributed by atoms with Crippen LogP contribution in [0.4, 0.5) is 10.1 Å². The SMILES string of the molecule is Cc1ccc(NC(=O)c2cccc3cc(B4OC(C)(C)C(C)(C)O4)ccc23)cc1F. The van der Waals surface area contributed by atoms with Gasteiger partial charge in [0.25, 0.3) is 5.91 Å². The summed E-state index contributed by atoms with van der Waals surface area (Å²) in [5.41, 5.74) is 1.55. The number of rotatable bonds is 3. The van der Waals surface area contributed by atoms with Crippen molar-refractivity contribution < 1.29 is 18.5 Å². The third kappa shape index (κ3) is 3.61. The van der Waals surface area contributed by atoms with Crippen molar-refractivity contribution in [2.75, 3.05) is 5.32 Å². The second-order valence-electron chi connectivity index (χ2n) is 8.79. The minimum atomic E-state index is -0.465. The van der Waals surface area contributed by atoms with E-state index in [1.165, 1.54) is 6.07 Å². The number of halogens is 1. The molecule has 0 bridgehead atoms. The number of carbonyl (C=O) groups is 1. The van der Waals surface area contributed by atoms with Gasteiger partial charge < -0.3 is 14.6 Å². The largest absolute Gasteiger partial charge is 0.494 e. The van der Waals surface area contributed by atoms with Gasteiger partial charge in [-0.2, -0.15) is 0 Å². The number of hydrogen-bond donors (Lipinski definition) is 1. The van der Waals surface area contributed by atoms with E-state index >= 15 is 0 Å². The first-order valence-corrected chi connectivity index (χ1v) is 10.0. The Morgan fingerprint density at radius 3 is 2.33 bits per heavy atom. The summed E-state index contributed by atoms with van der Waals surface area (Å²) in [4.78, 5) is 12.9. The molecule has 6 heteroatoms. The molecular formula is C24H25BFNO3. The summed E-state index contributed by atoms with van der Waals surface area (Å²) in [5.74, 6) is -0.634. The van der Waals surface area contributed by atoms with Crippen LogP contribution in [0.25, 0.3) is 10.8 Å². The first-order chi connectivity index (χ1) is 14.1. The van der Waals surface area contributed by atoms with E-state index in [0.717, 1.165) is 16.2 Å². The smallest absolute Gasteiger partial charge is 0.399 e. The molecule has 0 saturated carbocycles. The van der Waals surface area contributed by atoms with Gasteiger partial charge in [0.15, 0.2) is 0 Å². The molecule has 1 amide bonds. The van der Waals surface area contributed by atoms with Gasteiger partial charge in [0.1, 0.15) is 5.82 Å². The van der Waals surface area contributed by atoms with Crippen molar-refractivity contribution in [2.24, 2.45) is 0 Å². The fraction of sp³-hybridized carbons (Fsp3) is 0.292. The highest BCUT2D eigenvalue weighted by atomic mass is 19.1. The van der Waals surface area contributed by atoms with Crippen LogP contribution in [0.2, 0.25) is 0 Å². The molecule has 1 aliphatic rings. The Labute approximate surface area is 176 Å². The van der Waals surface area contributed by atoms with Gasteiger partial charge >= 0.3 is 7.12 Å². The average molecular weight is 405 g/mol. The van der Waals surface area contributed by atoms with E-state index in [4.69, 9.17) is 9.31 Å². The van der Waals surface area contributed by atoms with Gasteiger partial charge in [-0.1, -0.05) is 36.4 Å². The van der Waals surface area contributed by atoms with Crippen molar-refractivity contribution in [1.29, 1.82) is 0 Å². The number of hydrogen-bond acceptors (Lipinski definition) is 3. The zero-order valence-electron chi connectivity index (χ0n) is 17.9. The molecule has 154 valence electrons.